The lowest BCUT2D eigenvalue weighted by atomic mass is 9.87. The van der Waals surface area contributed by atoms with Crippen molar-refractivity contribution in [3.63, 3.8) is 0 Å². The predicted octanol–water partition coefficient (Wildman–Crippen LogP) is 12.5. The molecule has 0 radical (unpaired) electrons. The molecule has 0 aliphatic heterocycles. The standard InChI is InChI=1S/C52H36N4/c53-51(38-27-23-35(24-28-38)40-22-10-14-37-15-11-31-54-50(37)40)56-52(55-33-34-12-2-1-3-13-34)39-29-25-36(26-30-39)47-32-48-43-18-5-4-16-41(43)42-17-6-8-20-45(42)49(48)46-21-9-7-19-44(46)47/h1-32H,33H2,(H2,53,55,56). The van der Waals surface area contributed by atoms with Crippen LogP contribution in [0.2, 0.25) is 0 Å². The summed E-state index contributed by atoms with van der Waals surface area (Å²) in [5, 5.41) is 11.2. The lowest BCUT2D eigenvalue weighted by molar-refractivity contribution is 1.06. The first-order valence-electron chi connectivity index (χ1n) is 18.9. The van der Waals surface area contributed by atoms with E-state index in [1.807, 2.05) is 42.6 Å². The Bertz CT molecular complexity index is 3140. The Morgan fingerprint density at radius 3 is 1.73 bits per heavy atom. The molecule has 56 heavy (non-hydrogen) atoms. The molecule has 1 heterocycles. The van der Waals surface area contributed by atoms with Crippen molar-refractivity contribution < 1.29 is 0 Å². The van der Waals surface area contributed by atoms with E-state index in [0.717, 1.165) is 44.3 Å². The van der Waals surface area contributed by atoms with E-state index < -0.39 is 0 Å². The number of hydrogen-bond acceptors (Lipinski definition) is 2. The van der Waals surface area contributed by atoms with E-state index in [-0.39, 0.29) is 0 Å². The number of fused-ring (bicyclic) bond motifs is 9. The van der Waals surface area contributed by atoms with Crippen LogP contribution >= 0.6 is 0 Å². The van der Waals surface area contributed by atoms with Gasteiger partial charge < -0.3 is 5.73 Å². The summed E-state index contributed by atoms with van der Waals surface area (Å²) < 4.78 is 0. The lowest BCUT2D eigenvalue weighted by Crippen LogP contribution is -2.16. The quantitative estimate of drug-likeness (QED) is 0.106. The third-order valence-electron chi connectivity index (χ3n) is 10.8. The Morgan fingerprint density at radius 1 is 0.464 bits per heavy atom. The molecule has 1 aromatic heterocycles. The number of nitrogens with zero attached hydrogens (tertiary/aromatic N) is 3. The van der Waals surface area contributed by atoms with Crippen LogP contribution in [0.25, 0.3) is 76.2 Å². The number of para-hydroxylation sites is 1. The van der Waals surface area contributed by atoms with Gasteiger partial charge >= 0.3 is 0 Å². The fraction of sp³-hybridized carbons (Fsp3) is 0.0192. The summed E-state index contributed by atoms with van der Waals surface area (Å²) in [5.41, 5.74) is 15.0. The molecule has 0 unspecified atom stereocenters. The number of aliphatic imine (C=N–C) groups is 2. The van der Waals surface area contributed by atoms with E-state index in [4.69, 9.17) is 15.7 Å². The average molecular weight is 717 g/mol. The van der Waals surface area contributed by atoms with Crippen LogP contribution in [0.15, 0.2) is 204 Å². The van der Waals surface area contributed by atoms with E-state index in [1.54, 1.807) is 0 Å². The SMILES string of the molecule is NC(=NC(=NCc1ccccc1)c1ccc(-c2cc3c4ccccc4c4ccccc4c3c3ccccc23)cc1)c1ccc(-c2cccc3cccnc23)cc1. The van der Waals surface area contributed by atoms with Crippen molar-refractivity contribution in [1.82, 2.24) is 4.98 Å². The number of rotatable bonds is 6. The Morgan fingerprint density at radius 2 is 1.02 bits per heavy atom. The van der Waals surface area contributed by atoms with Gasteiger partial charge in [-0.15, -0.1) is 0 Å². The Kier molecular flexibility index (Phi) is 8.34. The second kappa shape index (κ2) is 14.1. The fourth-order valence-corrected chi connectivity index (χ4v) is 8.08. The van der Waals surface area contributed by atoms with Crippen molar-refractivity contribution in [2.45, 2.75) is 6.54 Å². The highest BCUT2D eigenvalue weighted by molar-refractivity contribution is 6.33. The molecule has 2 N–H and O–H groups in total. The van der Waals surface area contributed by atoms with E-state index in [9.17, 15) is 0 Å². The molecule has 10 aromatic rings. The third-order valence-corrected chi connectivity index (χ3v) is 10.8. The molecule has 0 saturated carbocycles. The summed E-state index contributed by atoms with van der Waals surface area (Å²) in [4.78, 5) is 14.6. The van der Waals surface area contributed by atoms with Gasteiger partial charge in [0.15, 0.2) is 5.84 Å². The molecule has 0 aliphatic rings. The maximum Gasteiger partial charge on any atom is 0.157 e. The van der Waals surface area contributed by atoms with Crippen molar-refractivity contribution in [1.29, 1.82) is 0 Å². The van der Waals surface area contributed by atoms with E-state index in [2.05, 4.69) is 157 Å². The molecule has 0 atom stereocenters. The second-order valence-corrected chi connectivity index (χ2v) is 14.1. The van der Waals surface area contributed by atoms with Gasteiger partial charge in [0.05, 0.1) is 12.1 Å². The lowest BCUT2D eigenvalue weighted by Gasteiger charge is -2.16. The zero-order valence-electron chi connectivity index (χ0n) is 30.6. The highest BCUT2D eigenvalue weighted by atomic mass is 15.0. The van der Waals surface area contributed by atoms with Crippen molar-refractivity contribution in [2.24, 2.45) is 15.7 Å². The minimum Gasteiger partial charge on any atom is -0.383 e. The van der Waals surface area contributed by atoms with Gasteiger partial charge in [0.2, 0.25) is 0 Å². The first kappa shape index (κ1) is 33.2. The molecule has 4 heteroatoms. The van der Waals surface area contributed by atoms with Gasteiger partial charge in [-0.25, -0.2) is 4.99 Å². The van der Waals surface area contributed by atoms with Crippen LogP contribution < -0.4 is 5.73 Å². The first-order chi connectivity index (χ1) is 27.7. The summed E-state index contributed by atoms with van der Waals surface area (Å²) >= 11 is 0. The Balaban J connectivity index is 1.05. The van der Waals surface area contributed by atoms with Gasteiger partial charge in [-0.05, 0) is 77.5 Å². The second-order valence-electron chi connectivity index (χ2n) is 14.1. The van der Waals surface area contributed by atoms with Crippen LogP contribution in [-0.4, -0.2) is 16.7 Å². The molecule has 0 bridgehead atoms. The number of nitrogens with two attached hydrogens (primary N) is 1. The number of hydrogen-bond donors (Lipinski definition) is 1. The van der Waals surface area contributed by atoms with Crippen LogP contribution in [-0.2, 0) is 6.54 Å². The van der Waals surface area contributed by atoms with Crippen LogP contribution in [0.5, 0.6) is 0 Å². The summed E-state index contributed by atoms with van der Waals surface area (Å²) in [6, 6.07) is 66.0. The molecule has 4 nitrogen and oxygen atoms in total. The number of benzene rings is 9. The highest BCUT2D eigenvalue weighted by Crippen LogP contribution is 2.42. The summed E-state index contributed by atoms with van der Waals surface area (Å²) in [6.07, 6.45) is 1.83. The summed E-state index contributed by atoms with van der Waals surface area (Å²) in [7, 11) is 0. The minimum atomic E-state index is 0.406. The van der Waals surface area contributed by atoms with Crippen LogP contribution in [0, 0.1) is 0 Å². The number of aromatic nitrogens is 1. The van der Waals surface area contributed by atoms with Crippen LogP contribution in [0.3, 0.4) is 0 Å². The molecule has 0 fully saturated rings. The fourth-order valence-electron chi connectivity index (χ4n) is 8.08. The molecule has 10 rings (SSSR count). The largest absolute Gasteiger partial charge is 0.383 e. The minimum absolute atomic E-state index is 0.406. The van der Waals surface area contributed by atoms with Crippen molar-refractivity contribution in [3.8, 4) is 22.3 Å². The summed E-state index contributed by atoms with van der Waals surface area (Å²) in [6.45, 7) is 0.484. The normalized spacial score (nSPS) is 12.3. The van der Waals surface area contributed by atoms with Crippen LogP contribution in [0.4, 0.5) is 0 Å². The monoisotopic (exact) mass is 716 g/mol. The highest BCUT2D eigenvalue weighted by Gasteiger charge is 2.16. The van der Waals surface area contributed by atoms with Gasteiger partial charge in [-0.3, -0.25) is 9.98 Å². The van der Waals surface area contributed by atoms with E-state index >= 15 is 0 Å². The first-order valence-corrected chi connectivity index (χ1v) is 18.9. The van der Waals surface area contributed by atoms with Crippen LogP contribution in [0.1, 0.15) is 16.7 Å². The van der Waals surface area contributed by atoms with E-state index in [1.165, 1.54) is 48.7 Å². The molecular weight excluding hydrogens is 681 g/mol. The maximum absolute atomic E-state index is 6.76. The molecule has 0 amide bonds. The molecule has 264 valence electrons. The average Bonchev–Trinajstić information content (AvgIpc) is 3.27. The zero-order chi connectivity index (χ0) is 37.4. The molecule has 0 spiro atoms. The molecule has 0 aliphatic carbocycles. The van der Waals surface area contributed by atoms with Gasteiger partial charge in [0.1, 0.15) is 5.84 Å². The Labute approximate surface area is 325 Å². The van der Waals surface area contributed by atoms with Crippen molar-refractivity contribution in [3.05, 3.63) is 211 Å². The van der Waals surface area contributed by atoms with E-state index in [0.29, 0.717) is 18.2 Å². The number of amidine groups is 2. The van der Waals surface area contributed by atoms with Crippen molar-refractivity contribution in [2.75, 3.05) is 0 Å². The summed E-state index contributed by atoms with van der Waals surface area (Å²) in [5.74, 6) is 0.990. The Hall–Kier alpha value is -7.43. The van der Waals surface area contributed by atoms with Gasteiger partial charge in [0, 0.05) is 28.3 Å². The van der Waals surface area contributed by atoms with Gasteiger partial charge in [0.25, 0.3) is 0 Å². The molecular formula is C52H36N4. The molecule has 0 saturated heterocycles. The predicted molar refractivity (Wildman–Crippen MR) is 236 cm³/mol. The smallest absolute Gasteiger partial charge is 0.157 e. The topological polar surface area (TPSA) is 63.6 Å². The van der Waals surface area contributed by atoms with Gasteiger partial charge in [-0.1, -0.05) is 176 Å². The van der Waals surface area contributed by atoms with Crippen molar-refractivity contribution >= 4 is 65.7 Å². The van der Waals surface area contributed by atoms with Gasteiger partial charge in [-0.2, -0.15) is 0 Å². The number of pyridine rings is 1. The third kappa shape index (κ3) is 5.94. The zero-order valence-corrected chi connectivity index (χ0v) is 30.6. The molecule has 9 aromatic carbocycles. The maximum atomic E-state index is 6.76.